The number of carbonyl (C=O) groups is 1. The monoisotopic (exact) mass is 427 g/mol. The molecule has 0 fully saturated rings. The van der Waals surface area contributed by atoms with E-state index in [1.54, 1.807) is 0 Å². The summed E-state index contributed by atoms with van der Waals surface area (Å²) < 4.78 is 26.5. The van der Waals surface area contributed by atoms with Gasteiger partial charge in [0.1, 0.15) is 0 Å². The van der Waals surface area contributed by atoms with Crippen molar-refractivity contribution in [1.82, 2.24) is 9.71 Å². The Morgan fingerprint density at radius 2 is 1.86 bits per heavy atom. The Balaban J connectivity index is 1.71. The normalized spacial score (nSPS) is 11.2. The second-order valence-electron chi connectivity index (χ2n) is 6.46. The molecule has 0 aliphatic heterocycles. The minimum Gasteiger partial charge on any atom is -0.298 e. The van der Waals surface area contributed by atoms with Crippen LogP contribution in [-0.4, -0.2) is 25.9 Å². The molecule has 150 valence electrons. The standard InChI is InChI=1S/C21H21N3O3S2/c1-4-11-22-29(26,27)18-9-7-16(8-10-18)20(25)24-21-23-19(13-28-21)17-6-5-14(2)15(3)12-17/h4-10,12-13,22H,1,11H2,2-3H3,(H,23,24,25). The van der Waals surface area contributed by atoms with E-state index >= 15 is 0 Å². The fraction of sp³-hybridized carbons (Fsp3) is 0.143. The van der Waals surface area contributed by atoms with Crippen molar-refractivity contribution in [2.45, 2.75) is 18.7 Å². The highest BCUT2D eigenvalue weighted by Gasteiger charge is 2.15. The largest absolute Gasteiger partial charge is 0.298 e. The Kier molecular flexibility index (Phi) is 6.26. The number of rotatable bonds is 7. The van der Waals surface area contributed by atoms with Crippen LogP contribution in [0.1, 0.15) is 21.5 Å². The fourth-order valence-electron chi connectivity index (χ4n) is 2.57. The molecule has 0 unspecified atom stereocenters. The highest BCUT2D eigenvalue weighted by atomic mass is 32.2. The highest BCUT2D eigenvalue weighted by Crippen LogP contribution is 2.26. The van der Waals surface area contributed by atoms with Crippen LogP contribution < -0.4 is 10.0 Å². The highest BCUT2D eigenvalue weighted by molar-refractivity contribution is 7.89. The van der Waals surface area contributed by atoms with Crippen molar-refractivity contribution in [3.05, 3.63) is 77.2 Å². The van der Waals surface area contributed by atoms with Crippen LogP contribution in [0.2, 0.25) is 0 Å². The molecule has 0 radical (unpaired) electrons. The first kappa shape index (κ1) is 20.9. The summed E-state index contributed by atoms with van der Waals surface area (Å²) in [5.41, 5.74) is 4.52. The number of anilines is 1. The molecule has 2 N–H and O–H groups in total. The first-order valence-corrected chi connectivity index (χ1v) is 11.2. The summed E-state index contributed by atoms with van der Waals surface area (Å²) in [7, 11) is -3.62. The molecule has 6 nitrogen and oxygen atoms in total. The molecule has 2 aromatic carbocycles. The van der Waals surface area contributed by atoms with Crippen molar-refractivity contribution in [1.29, 1.82) is 0 Å². The van der Waals surface area contributed by atoms with E-state index in [1.165, 1.54) is 52.8 Å². The SMILES string of the molecule is C=CCNS(=O)(=O)c1ccc(C(=O)Nc2nc(-c3ccc(C)c(C)c3)cs2)cc1. The van der Waals surface area contributed by atoms with Crippen molar-refractivity contribution >= 4 is 32.4 Å². The van der Waals surface area contributed by atoms with E-state index in [4.69, 9.17) is 0 Å². The average molecular weight is 428 g/mol. The number of thiazole rings is 1. The molecular formula is C21H21N3O3S2. The number of nitrogens with zero attached hydrogens (tertiary/aromatic N) is 1. The van der Waals surface area contributed by atoms with Crippen LogP contribution in [0.25, 0.3) is 11.3 Å². The van der Waals surface area contributed by atoms with Gasteiger partial charge in [0, 0.05) is 23.1 Å². The third kappa shape index (κ3) is 4.97. The smallest absolute Gasteiger partial charge is 0.257 e. The van der Waals surface area contributed by atoms with Crippen molar-refractivity contribution in [3.63, 3.8) is 0 Å². The van der Waals surface area contributed by atoms with Gasteiger partial charge in [-0.3, -0.25) is 10.1 Å². The maximum atomic E-state index is 12.5. The lowest BCUT2D eigenvalue weighted by Crippen LogP contribution is -2.23. The fourth-order valence-corrected chi connectivity index (χ4v) is 4.28. The second-order valence-corrected chi connectivity index (χ2v) is 9.08. The van der Waals surface area contributed by atoms with Gasteiger partial charge in [0.25, 0.3) is 5.91 Å². The van der Waals surface area contributed by atoms with Gasteiger partial charge in [-0.1, -0.05) is 18.2 Å². The first-order valence-electron chi connectivity index (χ1n) is 8.85. The Hall–Kier alpha value is -2.81. The summed E-state index contributed by atoms with van der Waals surface area (Å²) in [6.07, 6.45) is 1.46. The van der Waals surface area contributed by atoms with Gasteiger partial charge in [0.05, 0.1) is 10.6 Å². The van der Waals surface area contributed by atoms with Gasteiger partial charge in [-0.05, 0) is 55.3 Å². The van der Waals surface area contributed by atoms with Gasteiger partial charge in [0.2, 0.25) is 10.0 Å². The summed E-state index contributed by atoms with van der Waals surface area (Å²) in [4.78, 5) is 17.0. The third-order valence-corrected chi connectivity index (χ3v) is 6.57. The van der Waals surface area contributed by atoms with Gasteiger partial charge in [-0.25, -0.2) is 18.1 Å². The maximum absolute atomic E-state index is 12.5. The van der Waals surface area contributed by atoms with E-state index in [0.29, 0.717) is 10.7 Å². The first-order chi connectivity index (χ1) is 13.8. The number of aryl methyl sites for hydroxylation is 2. The zero-order chi connectivity index (χ0) is 21.0. The van der Waals surface area contributed by atoms with E-state index in [9.17, 15) is 13.2 Å². The molecule has 0 saturated carbocycles. The Labute approximate surface area is 174 Å². The van der Waals surface area contributed by atoms with Gasteiger partial charge >= 0.3 is 0 Å². The van der Waals surface area contributed by atoms with Gasteiger partial charge in [-0.15, -0.1) is 17.9 Å². The third-order valence-electron chi connectivity index (χ3n) is 4.37. The van der Waals surface area contributed by atoms with E-state index < -0.39 is 10.0 Å². The molecule has 0 saturated heterocycles. The minimum absolute atomic E-state index is 0.0853. The zero-order valence-corrected chi connectivity index (χ0v) is 17.7. The van der Waals surface area contributed by atoms with Crippen LogP contribution in [-0.2, 0) is 10.0 Å². The number of nitrogens with one attached hydrogen (secondary N) is 2. The van der Waals surface area contributed by atoms with Crippen LogP contribution in [0.3, 0.4) is 0 Å². The quantitative estimate of drug-likeness (QED) is 0.555. The van der Waals surface area contributed by atoms with Gasteiger partial charge < -0.3 is 0 Å². The van der Waals surface area contributed by atoms with E-state index in [-0.39, 0.29) is 17.3 Å². The molecule has 1 amide bonds. The summed E-state index contributed by atoms with van der Waals surface area (Å²) >= 11 is 1.34. The lowest BCUT2D eigenvalue weighted by molar-refractivity contribution is 0.102. The Morgan fingerprint density at radius 3 is 2.52 bits per heavy atom. The molecule has 0 atom stereocenters. The predicted octanol–water partition coefficient (Wildman–Crippen LogP) is 4.14. The average Bonchev–Trinajstić information content (AvgIpc) is 3.17. The zero-order valence-electron chi connectivity index (χ0n) is 16.1. The van der Waals surface area contributed by atoms with Crippen LogP contribution in [0.5, 0.6) is 0 Å². The molecule has 1 heterocycles. The van der Waals surface area contributed by atoms with Crippen LogP contribution >= 0.6 is 11.3 Å². The van der Waals surface area contributed by atoms with Crippen LogP contribution in [0.4, 0.5) is 5.13 Å². The predicted molar refractivity (Wildman–Crippen MR) is 117 cm³/mol. The molecule has 0 spiro atoms. The van der Waals surface area contributed by atoms with Crippen molar-refractivity contribution in [2.75, 3.05) is 11.9 Å². The van der Waals surface area contributed by atoms with Crippen molar-refractivity contribution < 1.29 is 13.2 Å². The number of sulfonamides is 1. The molecule has 3 aromatic rings. The number of aromatic nitrogens is 1. The topological polar surface area (TPSA) is 88.2 Å². The van der Waals surface area contributed by atoms with Crippen molar-refractivity contribution in [3.8, 4) is 11.3 Å². The number of amides is 1. The van der Waals surface area contributed by atoms with Gasteiger partial charge in [-0.2, -0.15) is 0 Å². The minimum atomic E-state index is -3.62. The van der Waals surface area contributed by atoms with E-state index in [1.807, 2.05) is 24.4 Å². The summed E-state index contributed by atoms with van der Waals surface area (Å²) in [6.45, 7) is 7.71. The lowest BCUT2D eigenvalue weighted by atomic mass is 10.1. The molecular weight excluding hydrogens is 406 g/mol. The number of carbonyl (C=O) groups excluding carboxylic acids is 1. The number of hydrogen-bond acceptors (Lipinski definition) is 5. The van der Waals surface area contributed by atoms with Crippen LogP contribution in [0.15, 0.2) is 65.4 Å². The Morgan fingerprint density at radius 1 is 1.14 bits per heavy atom. The van der Waals surface area contributed by atoms with E-state index in [2.05, 4.69) is 34.6 Å². The van der Waals surface area contributed by atoms with E-state index in [0.717, 1.165) is 11.3 Å². The molecule has 0 aliphatic rings. The second kappa shape index (κ2) is 8.69. The van der Waals surface area contributed by atoms with Crippen molar-refractivity contribution in [2.24, 2.45) is 0 Å². The van der Waals surface area contributed by atoms with Gasteiger partial charge in [0.15, 0.2) is 5.13 Å². The molecule has 0 aliphatic carbocycles. The molecule has 29 heavy (non-hydrogen) atoms. The molecule has 1 aromatic heterocycles. The molecule has 8 heteroatoms. The maximum Gasteiger partial charge on any atom is 0.257 e. The number of benzene rings is 2. The summed E-state index contributed by atoms with van der Waals surface area (Å²) in [6, 6.07) is 11.8. The summed E-state index contributed by atoms with van der Waals surface area (Å²) in [5.74, 6) is -0.353. The molecule has 0 bridgehead atoms. The van der Waals surface area contributed by atoms with Crippen LogP contribution in [0, 0.1) is 13.8 Å². The molecule has 3 rings (SSSR count). The number of hydrogen-bond donors (Lipinski definition) is 2. The lowest BCUT2D eigenvalue weighted by Gasteiger charge is -2.06. The Bertz CT molecular complexity index is 1150. The summed E-state index contributed by atoms with van der Waals surface area (Å²) in [5, 5.41) is 5.13.